The molecule has 0 spiro atoms. The molecule has 0 aliphatic carbocycles. The summed E-state index contributed by atoms with van der Waals surface area (Å²) in [5.41, 5.74) is 2.11. The Morgan fingerprint density at radius 3 is 2.41 bits per heavy atom. The topological polar surface area (TPSA) is 95.7 Å². The van der Waals surface area contributed by atoms with Crippen molar-refractivity contribution in [2.45, 2.75) is 24.7 Å². The molecule has 0 saturated carbocycles. The van der Waals surface area contributed by atoms with Gasteiger partial charge in [0.2, 0.25) is 5.54 Å². The monoisotopic (exact) mass is 255 g/mol. The molecule has 1 saturated heterocycles. The van der Waals surface area contributed by atoms with Crippen molar-refractivity contribution in [1.82, 2.24) is 10.2 Å². The molecule has 4 N–H and O–H groups in total. The van der Waals surface area contributed by atoms with E-state index in [9.17, 15) is 22.8 Å². The van der Waals surface area contributed by atoms with Gasteiger partial charge >= 0.3 is 12.2 Å². The summed E-state index contributed by atoms with van der Waals surface area (Å²) in [7, 11) is 0. The van der Waals surface area contributed by atoms with Gasteiger partial charge in [-0.1, -0.05) is 0 Å². The SMILES string of the molecule is CC1(C(F)(F)F)NC(=O)N(CC(O)CN)C1=O. The van der Waals surface area contributed by atoms with Crippen LogP contribution in [-0.4, -0.2) is 52.9 Å². The van der Waals surface area contributed by atoms with Gasteiger partial charge < -0.3 is 16.2 Å². The summed E-state index contributed by atoms with van der Waals surface area (Å²) >= 11 is 0. The lowest BCUT2D eigenvalue weighted by molar-refractivity contribution is -0.191. The molecule has 3 amide bonds. The molecule has 0 bridgehead atoms. The van der Waals surface area contributed by atoms with Crippen LogP contribution in [-0.2, 0) is 4.79 Å². The van der Waals surface area contributed by atoms with E-state index < -0.39 is 36.3 Å². The Morgan fingerprint density at radius 2 is 2.06 bits per heavy atom. The molecule has 2 unspecified atom stereocenters. The number of nitrogens with one attached hydrogen (secondary N) is 1. The van der Waals surface area contributed by atoms with Crippen LogP contribution in [0.2, 0.25) is 0 Å². The predicted octanol–water partition coefficient (Wildman–Crippen LogP) is -0.821. The Kier molecular flexibility index (Phi) is 3.35. The fraction of sp³-hybridized carbons (Fsp3) is 0.750. The molecule has 2 atom stereocenters. The van der Waals surface area contributed by atoms with Crippen molar-refractivity contribution < 1.29 is 27.9 Å². The number of imide groups is 1. The molecule has 17 heavy (non-hydrogen) atoms. The average Bonchev–Trinajstić information content (AvgIpc) is 2.42. The highest BCUT2D eigenvalue weighted by Gasteiger charge is 2.64. The van der Waals surface area contributed by atoms with E-state index in [1.165, 1.54) is 0 Å². The van der Waals surface area contributed by atoms with E-state index in [1.807, 2.05) is 0 Å². The standard InChI is InChI=1S/C8H12F3N3O3/c1-7(8(9,10)11)5(16)14(6(17)13-7)3-4(15)2-12/h4,15H,2-3,12H2,1H3,(H,13,17). The van der Waals surface area contributed by atoms with Crippen LogP contribution in [0.25, 0.3) is 0 Å². The maximum atomic E-state index is 12.6. The highest BCUT2D eigenvalue weighted by molar-refractivity contribution is 6.07. The van der Waals surface area contributed by atoms with Crippen LogP contribution >= 0.6 is 0 Å². The number of halogens is 3. The maximum Gasteiger partial charge on any atom is 0.420 e. The van der Waals surface area contributed by atoms with Gasteiger partial charge in [0.15, 0.2) is 0 Å². The molecular formula is C8H12F3N3O3. The Balaban J connectivity index is 2.93. The Labute approximate surface area is 94.6 Å². The molecule has 1 aliphatic rings. The third-order valence-corrected chi connectivity index (χ3v) is 2.51. The lowest BCUT2D eigenvalue weighted by Crippen LogP contribution is -2.56. The molecule has 9 heteroatoms. The fourth-order valence-electron chi connectivity index (χ4n) is 1.34. The lowest BCUT2D eigenvalue weighted by atomic mass is 10.0. The number of aliphatic hydroxyl groups is 1. The van der Waals surface area contributed by atoms with Crippen LogP contribution in [0.15, 0.2) is 0 Å². The van der Waals surface area contributed by atoms with Gasteiger partial charge in [0.1, 0.15) is 0 Å². The molecule has 0 aromatic rings. The first-order valence-corrected chi connectivity index (χ1v) is 4.72. The van der Waals surface area contributed by atoms with Gasteiger partial charge in [-0.25, -0.2) is 4.79 Å². The fourth-order valence-corrected chi connectivity index (χ4v) is 1.34. The minimum atomic E-state index is -4.90. The molecule has 1 fully saturated rings. The first kappa shape index (κ1) is 13.7. The van der Waals surface area contributed by atoms with E-state index in [0.29, 0.717) is 11.8 Å². The number of urea groups is 1. The number of hydrogen-bond donors (Lipinski definition) is 3. The zero-order chi connectivity index (χ0) is 13.4. The van der Waals surface area contributed by atoms with Crippen molar-refractivity contribution in [3.05, 3.63) is 0 Å². The van der Waals surface area contributed by atoms with Gasteiger partial charge in [0, 0.05) is 6.54 Å². The molecule has 1 aliphatic heterocycles. The molecule has 1 rings (SSSR count). The highest BCUT2D eigenvalue weighted by Crippen LogP contribution is 2.35. The van der Waals surface area contributed by atoms with Crippen molar-refractivity contribution in [3.63, 3.8) is 0 Å². The minimum Gasteiger partial charge on any atom is -0.390 e. The molecule has 0 aromatic carbocycles. The summed E-state index contributed by atoms with van der Waals surface area (Å²) in [5, 5.41) is 10.7. The van der Waals surface area contributed by atoms with Crippen LogP contribution in [0, 0.1) is 0 Å². The van der Waals surface area contributed by atoms with Crippen LogP contribution in [0.1, 0.15) is 6.92 Å². The number of hydrogen-bond acceptors (Lipinski definition) is 4. The van der Waals surface area contributed by atoms with Gasteiger partial charge in [0.25, 0.3) is 5.91 Å². The van der Waals surface area contributed by atoms with Crippen molar-refractivity contribution >= 4 is 11.9 Å². The second-order valence-corrected chi connectivity index (χ2v) is 3.86. The number of amides is 3. The van der Waals surface area contributed by atoms with E-state index in [1.54, 1.807) is 5.32 Å². The number of alkyl halides is 3. The second-order valence-electron chi connectivity index (χ2n) is 3.86. The van der Waals surface area contributed by atoms with Gasteiger partial charge in [-0.2, -0.15) is 13.2 Å². The Hall–Kier alpha value is -1.35. The van der Waals surface area contributed by atoms with Gasteiger partial charge in [-0.05, 0) is 6.92 Å². The Morgan fingerprint density at radius 1 is 1.53 bits per heavy atom. The summed E-state index contributed by atoms with van der Waals surface area (Å²) in [6.45, 7) is -0.255. The molecule has 1 heterocycles. The predicted molar refractivity (Wildman–Crippen MR) is 49.8 cm³/mol. The quantitative estimate of drug-likeness (QED) is 0.574. The van der Waals surface area contributed by atoms with E-state index in [2.05, 4.69) is 0 Å². The highest BCUT2D eigenvalue weighted by atomic mass is 19.4. The number of rotatable bonds is 3. The van der Waals surface area contributed by atoms with E-state index in [-0.39, 0.29) is 6.54 Å². The van der Waals surface area contributed by atoms with E-state index >= 15 is 0 Å². The van der Waals surface area contributed by atoms with Gasteiger partial charge in [0.05, 0.1) is 12.6 Å². The summed E-state index contributed by atoms with van der Waals surface area (Å²) in [6, 6.07) is -1.19. The van der Waals surface area contributed by atoms with Gasteiger partial charge in [-0.15, -0.1) is 0 Å². The van der Waals surface area contributed by atoms with Crippen LogP contribution in [0.5, 0.6) is 0 Å². The van der Waals surface area contributed by atoms with E-state index in [0.717, 1.165) is 0 Å². The third-order valence-electron chi connectivity index (χ3n) is 2.51. The lowest BCUT2D eigenvalue weighted by Gasteiger charge is -2.24. The minimum absolute atomic E-state index is 0.264. The molecule has 0 radical (unpaired) electrons. The smallest absolute Gasteiger partial charge is 0.390 e. The van der Waals surface area contributed by atoms with Crippen LogP contribution in [0.3, 0.4) is 0 Å². The first-order chi connectivity index (χ1) is 7.63. The largest absolute Gasteiger partial charge is 0.420 e. The summed E-state index contributed by atoms with van der Waals surface area (Å²) in [4.78, 5) is 23.1. The van der Waals surface area contributed by atoms with Crippen LogP contribution in [0.4, 0.5) is 18.0 Å². The maximum absolute atomic E-state index is 12.6. The third kappa shape index (κ3) is 2.20. The van der Waals surface area contributed by atoms with Crippen LogP contribution < -0.4 is 11.1 Å². The molecular weight excluding hydrogens is 243 g/mol. The summed E-state index contributed by atoms with van der Waals surface area (Å²) in [5.74, 6) is -1.44. The summed E-state index contributed by atoms with van der Waals surface area (Å²) < 4.78 is 37.8. The van der Waals surface area contributed by atoms with Crippen molar-refractivity contribution in [2.24, 2.45) is 5.73 Å². The Bertz CT molecular complexity index is 347. The molecule has 0 aromatic heterocycles. The summed E-state index contributed by atoms with van der Waals surface area (Å²) in [6.07, 6.45) is -6.15. The first-order valence-electron chi connectivity index (χ1n) is 4.72. The number of carbonyl (C=O) groups is 2. The number of carbonyl (C=O) groups excluding carboxylic acids is 2. The number of nitrogens with two attached hydrogens (primary N) is 1. The zero-order valence-corrected chi connectivity index (χ0v) is 8.91. The van der Waals surface area contributed by atoms with Crippen molar-refractivity contribution in [2.75, 3.05) is 13.1 Å². The molecule has 98 valence electrons. The van der Waals surface area contributed by atoms with Crippen molar-refractivity contribution in [3.8, 4) is 0 Å². The second kappa shape index (κ2) is 4.15. The van der Waals surface area contributed by atoms with Crippen molar-refractivity contribution in [1.29, 1.82) is 0 Å². The normalized spacial score (nSPS) is 27.3. The number of aliphatic hydroxyl groups excluding tert-OH is 1. The number of β-amino-alcohol motifs (C(OH)–C–C–N with tert-alkyl or cyclic N) is 1. The van der Waals surface area contributed by atoms with E-state index in [4.69, 9.17) is 10.8 Å². The molecule has 6 nitrogen and oxygen atoms in total. The average molecular weight is 255 g/mol. The zero-order valence-electron chi connectivity index (χ0n) is 8.91. The van der Waals surface area contributed by atoms with Gasteiger partial charge in [-0.3, -0.25) is 9.69 Å². The number of nitrogens with zero attached hydrogens (tertiary/aromatic N) is 1.